The molecule has 0 bridgehead atoms. The zero-order chi connectivity index (χ0) is 13.8. The third kappa shape index (κ3) is 4.03. The first-order valence-corrected chi connectivity index (χ1v) is 6.86. The monoisotopic (exact) mass is 271 g/mol. The van der Waals surface area contributed by atoms with Gasteiger partial charge in [-0.15, -0.1) is 11.8 Å². The van der Waals surface area contributed by atoms with Crippen LogP contribution in [0.1, 0.15) is 25.5 Å². The highest BCUT2D eigenvalue weighted by Crippen LogP contribution is 2.21. The first-order chi connectivity index (χ1) is 8.36. The fourth-order valence-electron chi connectivity index (χ4n) is 1.67. The van der Waals surface area contributed by atoms with Crippen LogP contribution in [0.2, 0.25) is 0 Å². The van der Waals surface area contributed by atoms with E-state index < -0.39 is 5.54 Å². The maximum absolute atomic E-state index is 11.4. The third-order valence-corrected chi connectivity index (χ3v) is 3.87. The standard InChI is InChI=1S/C12H21N3O2S/c1-9-8-10(15(3)14-9)18-7-5-6-12(2,13)11(16)17-4/h8H,5-7,13H2,1-4H3. The summed E-state index contributed by atoms with van der Waals surface area (Å²) < 4.78 is 6.53. The molecule has 5 nitrogen and oxygen atoms in total. The average molecular weight is 271 g/mol. The van der Waals surface area contributed by atoms with Crippen LogP contribution in [0.3, 0.4) is 0 Å². The maximum Gasteiger partial charge on any atom is 0.325 e. The lowest BCUT2D eigenvalue weighted by molar-refractivity contribution is -0.146. The number of nitrogens with two attached hydrogens (primary N) is 1. The summed E-state index contributed by atoms with van der Waals surface area (Å²) in [6.45, 7) is 3.68. The normalized spacial score (nSPS) is 14.3. The summed E-state index contributed by atoms with van der Waals surface area (Å²) in [6, 6.07) is 2.05. The van der Waals surface area contributed by atoms with E-state index in [1.165, 1.54) is 7.11 Å². The van der Waals surface area contributed by atoms with Gasteiger partial charge in [0.15, 0.2) is 0 Å². The minimum absolute atomic E-state index is 0.358. The molecule has 1 heterocycles. The number of ether oxygens (including phenoxy) is 1. The fraction of sp³-hybridized carbons (Fsp3) is 0.667. The molecule has 1 atom stereocenters. The second-order valence-corrected chi connectivity index (χ2v) is 5.72. The summed E-state index contributed by atoms with van der Waals surface area (Å²) in [5.41, 5.74) is 6.00. The molecule has 6 heteroatoms. The number of rotatable bonds is 6. The van der Waals surface area contributed by atoms with Crippen molar-refractivity contribution in [1.29, 1.82) is 0 Å². The molecule has 0 saturated heterocycles. The van der Waals surface area contributed by atoms with Crippen LogP contribution >= 0.6 is 11.8 Å². The summed E-state index contributed by atoms with van der Waals surface area (Å²) in [6.07, 6.45) is 1.47. The van der Waals surface area contributed by atoms with Crippen molar-refractivity contribution in [2.24, 2.45) is 12.8 Å². The van der Waals surface area contributed by atoms with Crippen LogP contribution in [0.4, 0.5) is 0 Å². The predicted octanol–water partition coefficient (Wildman–Crippen LogP) is 1.49. The van der Waals surface area contributed by atoms with E-state index in [0.29, 0.717) is 6.42 Å². The predicted molar refractivity (Wildman–Crippen MR) is 72.5 cm³/mol. The Bertz CT molecular complexity index is 415. The van der Waals surface area contributed by atoms with Gasteiger partial charge in [-0.25, -0.2) is 0 Å². The number of aryl methyl sites for hydroxylation is 2. The van der Waals surface area contributed by atoms with Crippen molar-refractivity contribution in [3.63, 3.8) is 0 Å². The number of methoxy groups -OCH3 is 1. The summed E-state index contributed by atoms with van der Waals surface area (Å²) >= 11 is 1.72. The summed E-state index contributed by atoms with van der Waals surface area (Å²) in [7, 11) is 3.29. The summed E-state index contributed by atoms with van der Waals surface area (Å²) in [4.78, 5) is 11.4. The van der Waals surface area contributed by atoms with Gasteiger partial charge in [0, 0.05) is 7.05 Å². The molecule has 0 radical (unpaired) electrons. The molecular weight excluding hydrogens is 250 g/mol. The molecule has 18 heavy (non-hydrogen) atoms. The Balaban J connectivity index is 2.35. The SMILES string of the molecule is COC(=O)C(C)(N)CCCSc1cc(C)nn1C. The van der Waals surface area contributed by atoms with E-state index in [-0.39, 0.29) is 5.97 Å². The molecule has 0 aromatic carbocycles. The first-order valence-electron chi connectivity index (χ1n) is 5.87. The van der Waals surface area contributed by atoms with Gasteiger partial charge in [-0.1, -0.05) is 0 Å². The lowest BCUT2D eigenvalue weighted by atomic mass is 9.98. The molecule has 0 aliphatic rings. The van der Waals surface area contributed by atoms with Crippen LogP contribution in [0.15, 0.2) is 11.1 Å². The molecule has 2 N–H and O–H groups in total. The Morgan fingerprint density at radius 2 is 2.33 bits per heavy atom. The lowest BCUT2D eigenvalue weighted by Gasteiger charge is -2.20. The van der Waals surface area contributed by atoms with Gasteiger partial charge in [-0.3, -0.25) is 9.48 Å². The topological polar surface area (TPSA) is 70.1 Å². The van der Waals surface area contributed by atoms with E-state index >= 15 is 0 Å². The number of nitrogens with zero attached hydrogens (tertiary/aromatic N) is 2. The maximum atomic E-state index is 11.4. The highest BCUT2D eigenvalue weighted by Gasteiger charge is 2.28. The van der Waals surface area contributed by atoms with E-state index in [9.17, 15) is 4.79 Å². The van der Waals surface area contributed by atoms with Crippen molar-refractivity contribution in [3.8, 4) is 0 Å². The van der Waals surface area contributed by atoms with Gasteiger partial charge >= 0.3 is 5.97 Å². The zero-order valence-electron chi connectivity index (χ0n) is 11.4. The molecule has 0 saturated carbocycles. The van der Waals surface area contributed by atoms with Gasteiger partial charge in [-0.2, -0.15) is 5.10 Å². The molecule has 0 aliphatic carbocycles. The van der Waals surface area contributed by atoms with Crippen molar-refractivity contribution in [1.82, 2.24) is 9.78 Å². The molecular formula is C12H21N3O2S. The second kappa shape index (κ2) is 6.24. The molecule has 0 aliphatic heterocycles. The molecule has 1 aromatic rings. The minimum Gasteiger partial charge on any atom is -0.468 e. The highest BCUT2D eigenvalue weighted by molar-refractivity contribution is 7.99. The molecule has 0 fully saturated rings. The van der Waals surface area contributed by atoms with Gasteiger partial charge in [0.2, 0.25) is 0 Å². The smallest absolute Gasteiger partial charge is 0.325 e. The fourth-order valence-corrected chi connectivity index (χ4v) is 2.65. The van der Waals surface area contributed by atoms with Gasteiger partial charge in [0.1, 0.15) is 5.54 Å². The van der Waals surface area contributed by atoms with E-state index in [4.69, 9.17) is 5.73 Å². The van der Waals surface area contributed by atoms with Crippen molar-refractivity contribution in [2.45, 2.75) is 37.3 Å². The van der Waals surface area contributed by atoms with Crippen LogP contribution in [-0.4, -0.2) is 34.2 Å². The van der Waals surface area contributed by atoms with Crippen molar-refractivity contribution < 1.29 is 9.53 Å². The number of aromatic nitrogens is 2. The molecule has 0 amide bonds. The Morgan fingerprint density at radius 1 is 1.67 bits per heavy atom. The van der Waals surface area contributed by atoms with E-state index in [0.717, 1.165) is 22.9 Å². The number of hydrogen-bond acceptors (Lipinski definition) is 5. The first kappa shape index (κ1) is 15.0. The average Bonchev–Trinajstić information content (AvgIpc) is 2.62. The Hall–Kier alpha value is -1.01. The van der Waals surface area contributed by atoms with Gasteiger partial charge in [0.25, 0.3) is 0 Å². The van der Waals surface area contributed by atoms with Crippen molar-refractivity contribution in [3.05, 3.63) is 11.8 Å². The molecule has 0 spiro atoms. The minimum atomic E-state index is -0.891. The highest BCUT2D eigenvalue weighted by atomic mass is 32.2. The number of carbonyl (C=O) groups excluding carboxylic acids is 1. The second-order valence-electron chi connectivity index (χ2n) is 4.61. The van der Waals surface area contributed by atoms with Gasteiger partial charge < -0.3 is 10.5 Å². The Morgan fingerprint density at radius 3 is 2.83 bits per heavy atom. The molecule has 1 unspecified atom stereocenters. The van der Waals surface area contributed by atoms with Gasteiger partial charge in [0.05, 0.1) is 17.8 Å². The van der Waals surface area contributed by atoms with E-state index in [1.54, 1.807) is 18.7 Å². The van der Waals surface area contributed by atoms with Crippen LogP contribution in [0.25, 0.3) is 0 Å². The number of esters is 1. The molecule has 1 aromatic heterocycles. The van der Waals surface area contributed by atoms with E-state index in [2.05, 4.69) is 9.84 Å². The number of carbonyl (C=O) groups is 1. The zero-order valence-corrected chi connectivity index (χ0v) is 12.2. The molecule has 1 rings (SSSR count). The third-order valence-electron chi connectivity index (χ3n) is 2.70. The Labute approximate surface area is 112 Å². The van der Waals surface area contributed by atoms with Crippen molar-refractivity contribution in [2.75, 3.05) is 12.9 Å². The summed E-state index contributed by atoms with van der Waals surface area (Å²) in [5, 5.41) is 5.41. The van der Waals surface area contributed by atoms with Crippen LogP contribution in [0, 0.1) is 6.92 Å². The van der Waals surface area contributed by atoms with Crippen LogP contribution in [-0.2, 0) is 16.6 Å². The Kier molecular flexibility index (Phi) is 5.22. The summed E-state index contributed by atoms with van der Waals surface area (Å²) in [5.74, 6) is 0.548. The number of hydrogen-bond donors (Lipinski definition) is 1. The largest absolute Gasteiger partial charge is 0.468 e. The molecule has 102 valence electrons. The van der Waals surface area contributed by atoms with Crippen LogP contribution in [0.5, 0.6) is 0 Å². The van der Waals surface area contributed by atoms with Gasteiger partial charge in [-0.05, 0) is 38.5 Å². The van der Waals surface area contributed by atoms with Crippen molar-refractivity contribution >= 4 is 17.7 Å². The number of thioether (sulfide) groups is 1. The van der Waals surface area contributed by atoms with E-state index in [1.807, 2.05) is 24.7 Å². The lowest BCUT2D eigenvalue weighted by Crippen LogP contribution is -2.45. The quantitative estimate of drug-likeness (QED) is 0.482. The van der Waals surface area contributed by atoms with Crippen LogP contribution < -0.4 is 5.73 Å².